The molecule has 2 aromatic carbocycles. The number of rotatable bonds is 6. The van der Waals surface area contributed by atoms with Crippen LogP contribution in [0.4, 0.5) is 5.69 Å². The Morgan fingerprint density at radius 3 is 2.28 bits per heavy atom. The molecule has 0 aliphatic heterocycles. The first-order valence-electron chi connectivity index (χ1n) is 8.68. The van der Waals surface area contributed by atoms with Crippen LogP contribution in [0.15, 0.2) is 48.5 Å². The van der Waals surface area contributed by atoms with E-state index in [-0.39, 0.29) is 17.7 Å². The molecule has 2 N–H and O–H groups in total. The molecule has 2 rings (SSSR count). The van der Waals surface area contributed by atoms with Gasteiger partial charge >= 0.3 is 0 Å². The standard InChI is InChI=1S/C21H26N2O2/c1-5-16-9-11-18(12-10-16)22-21(25)19(14(2)3)23-20(24)17-8-6-7-15(4)13-17/h6-14,19H,5H2,1-4H3,(H,22,25)(H,23,24)/t19-/m0/s1. The predicted octanol–water partition coefficient (Wildman–Crippen LogP) is 3.95. The van der Waals surface area contributed by atoms with E-state index < -0.39 is 6.04 Å². The summed E-state index contributed by atoms with van der Waals surface area (Å²) in [5.41, 5.74) is 3.52. The molecule has 0 unspecified atom stereocenters. The van der Waals surface area contributed by atoms with Gasteiger partial charge in [0.2, 0.25) is 5.91 Å². The van der Waals surface area contributed by atoms with Gasteiger partial charge in [0, 0.05) is 11.3 Å². The lowest BCUT2D eigenvalue weighted by atomic mass is 10.0. The maximum atomic E-state index is 12.6. The second-order valence-corrected chi connectivity index (χ2v) is 6.60. The number of benzene rings is 2. The maximum Gasteiger partial charge on any atom is 0.251 e. The van der Waals surface area contributed by atoms with E-state index in [2.05, 4.69) is 17.6 Å². The van der Waals surface area contributed by atoms with Gasteiger partial charge in [-0.15, -0.1) is 0 Å². The van der Waals surface area contributed by atoms with Gasteiger partial charge in [-0.1, -0.05) is 50.6 Å². The summed E-state index contributed by atoms with van der Waals surface area (Å²) in [5, 5.41) is 5.74. The fraction of sp³-hybridized carbons (Fsp3) is 0.333. The molecule has 0 aromatic heterocycles. The Bertz CT molecular complexity index is 736. The molecule has 4 nitrogen and oxygen atoms in total. The van der Waals surface area contributed by atoms with E-state index in [1.807, 2.05) is 63.2 Å². The largest absolute Gasteiger partial charge is 0.340 e. The van der Waals surface area contributed by atoms with Crippen molar-refractivity contribution in [1.29, 1.82) is 0 Å². The third kappa shape index (κ3) is 5.18. The molecule has 0 aliphatic carbocycles. The Labute approximate surface area is 149 Å². The summed E-state index contributed by atoms with van der Waals surface area (Å²) >= 11 is 0. The number of anilines is 1. The van der Waals surface area contributed by atoms with E-state index in [1.54, 1.807) is 6.07 Å². The molecule has 0 bridgehead atoms. The number of hydrogen-bond acceptors (Lipinski definition) is 2. The summed E-state index contributed by atoms with van der Waals surface area (Å²) in [6, 6.07) is 14.5. The number of carbonyl (C=O) groups is 2. The zero-order valence-corrected chi connectivity index (χ0v) is 15.3. The molecule has 2 aromatic rings. The Hall–Kier alpha value is -2.62. The number of nitrogens with one attached hydrogen (secondary N) is 2. The molecule has 2 amide bonds. The summed E-state index contributed by atoms with van der Waals surface area (Å²) < 4.78 is 0. The minimum Gasteiger partial charge on any atom is -0.340 e. The van der Waals surface area contributed by atoms with Crippen LogP contribution in [0.3, 0.4) is 0 Å². The highest BCUT2D eigenvalue weighted by Gasteiger charge is 2.24. The average molecular weight is 338 g/mol. The van der Waals surface area contributed by atoms with Crippen molar-refractivity contribution in [2.24, 2.45) is 5.92 Å². The van der Waals surface area contributed by atoms with Crippen LogP contribution >= 0.6 is 0 Å². The van der Waals surface area contributed by atoms with E-state index in [9.17, 15) is 9.59 Å². The summed E-state index contributed by atoms with van der Waals surface area (Å²) in [6.45, 7) is 7.86. The van der Waals surface area contributed by atoms with Gasteiger partial charge in [-0.3, -0.25) is 9.59 Å². The van der Waals surface area contributed by atoms with Crippen molar-refractivity contribution in [2.45, 2.75) is 40.2 Å². The number of hydrogen-bond donors (Lipinski definition) is 2. The molecule has 0 radical (unpaired) electrons. The van der Waals surface area contributed by atoms with E-state index in [0.29, 0.717) is 5.56 Å². The first-order chi connectivity index (χ1) is 11.9. The Balaban J connectivity index is 2.08. The fourth-order valence-electron chi connectivity index (χ4n) is 2.59. The third-order valence-electron chi connectivity index (χ3n) is 4.15. The van der Waals surface area contributed by atoms with Crippen molar-refractivity contribution in [1.82, 2.24) is 5.32 Å². The second-order valence-electron chi connectivity index (χ2n) is 6.60. The molecule has 1 atom stereocenters. The van der Waals surface area contributed by atoms with Gasteiger partial charge in [0.05, 0.1) is 0 Å². The highest BCUT2D eigenvalue weighted by molar-refractivity contribution is 6.01. The van der Waals surface area contributed by atoms with Crippen LogP contribution in [-0.2, 0) is 11.2 Å². The molecule has 0 aliphatic rings. The van der Waals surface area contributed by atoms with Crippen LogP contribution < -0.4 is 10.6 Å². The molecule has 132 valence electrons. The normalized spacial score (nSPS) is 11.9. The molecular weight excluding hydrogens is 312 g/mol. The van der Waals surface area contributed by atoms with Gasteiger partial charge in [-0.2, -0.15) is 0 Å². The molecule has 0 saturated heterocycles. The lowest BCUT2D eigenvalue weighted by Gasteiger charge is -2.22. The number of carbonyl (C=O) groups excluding carboxylic acids is 2. The van der Waals surface area contributed by atoms with Gasteiger partial charge in [0.1, 0.15) is 6.04 Å². The van der Waals surface area contributed by atoms with Crippen LogP contribution in [0, 0.1) is 12.8 Å². The van der Waals surface area contributed by atoms with Gasteiger partial charge in [-0.05, 0) is 49.1 Å². The zero-order chi connectivity index (χ0) is 18.4. The minimum absolute atomic E-state index is 0.0244. The Morgan fingerprint density at radius 1 is 1.04 bits per heavy atom. The fourth-order valence-corrected chi connectivity index (χ4v) is 2.59. The molecule has 4 heteroatoms. The monoisotopic (exact) mass is 338 g/mol. The lowest BCUT2D eigenvalue weighted by Crippen LogP contribution is -2.47. The number of amides is 2. The zero-order valence-electron chi connectivity index (χ0n) is 15.3. The van der Waals surface area contributed by atoms with Crippen LogP contribution in [-0.4, -0.2) is 17.9 Å². The van der Waals surface area contributed by atoms with Gasteiger partial charge in [0.15, 0.2) is 0 Å². The van der Waals surface area contributed by atoms with E-state index in [0.717, 1.165) is 17.7 Å². The molecule has 0 heterocycles. The first-order valence-corrected chi connectivity index (χ1v) is 8.68. The van der Waals surface area contributed by atoms with Crippen molar-refractivity contribution in [2.75, 3.05) is 5.32 Å². The van der Waals surface area contributed by atoms with Crippen molar-refractivity contribution >= 4 is 17.5 Å². The number of aryl methyl sites for hydroxylation is 2. The summed E-state index contributed by atoms with van der Waals surface area (Å²) in [4.78, 5) is 25.1. The first kappa shape index (κ1) is 18.7. The van der Waals surface area contributed by atoms with Crippen molar-refractivity contribution in [3.8, 4) is 0 Å². The van der Waals surface area contributed by atoms with Gasteiger partial charge in [-0.25, -0.2) is 0 Å². The molecule has 0 fully saturated rings. The molecule has 25 heavy (non-hydrogen) atoms. The Kier molecular flexibility index (Phi) is 6.34. The quantitative estimate of drug-likeness (QED) is 0.838. The van der Waals surface area contributed by atoms with Crippen LogP contribution in [0.5, 0.6) is 0 Å². The summed E-state index contributed by atoms with van der Waals surface area (Å²) in [6.07, 6.45) is 0.954. The van der Waals surface area contributed by atoms with Crippen LogP contribution in [0.1, 0.15) is 42.3 Å². The van der Waals surface area contributed by atoms with Crippen molar-refractivity contribution in [3.05, 3.63) is 65.2 Å². The second kappa shape index (κ2) is 8.47. The summed E-state index contributed by atoms with van der Waals surface area (Å²) in [7, 11) is 0. The van der Waals surface area contributed by atoms with E-state index in [1.165, 1.54) is 5.56 Å². The van der Waals surface area contributed by atoms with Gasteiger partial charge < -0.3 is 10.6 Å². The average Bonchev–Trinajstić information content (AvgIpc) is 2.59. The highest BCUT2D eigenvalue weighted by Crippen LogP contribution is 2.13. The summed E-state index contributed by atoms with van der Waals surface area (Å²) in [5.74, 6) is -0.470. The van der Waals surface area contributed by atoms with Crippen molar-refractivity contribution in [3.63, 3.8) is 0 Å². The SMILES string of the molecule is CCc1ccc(NC(=O)[C@@H](NC(=O)c2cccc(C)c2)C(C)C)cc1. The maximum absolute atomic E-state index is 12.6. The predicted molar refractivity (Wildman–Crippen MR) is 102 cm³/mol. The topological polar surface area (TPSA) is 58.2 Å². The van der Waals surface area contributed by atoms with E-state index in [4.69, 9.17) is 0 Å². The van der Waals surface area contributed by atoms with Crippen LogP contribution in [0.2, 0.25) is 0 Å². The van der Waals surface area contributed by atoms with Crippen molar-refractivity contribution < 1.29 is 9.59 Å². The minimum atomic E-state index is -0.598. The Morgan fingerprint density at radius 2 is 1.72 bits per heavy atom. The molecular formula is C21H26N2O2. The van der Waals surface area contributed by atoms with Gasteiger partial charge in [0.25, 0.3) is 5.91 Å². The lowest BCUT2D eigenvalue weighted by molar-refractivity contribution is -0.118. The van der Waals surface area contributed by atoms with E-state index >= 15 is 0 Å². The molecule has 0 saturated carbocycles. The third-order valence-corrected chi connectivity index (χ3v) is 4.15. The highest BCUT2D eigenvalue weighted by atomic mass is 16.2. The van der Waals surface area contributed by atoms with Crippen LogP contribution in [0.25, 0.3) is 0 Å². The smallest absolute Gasteiger partial charge is 0.251 e. The molecule has 0 spiro atoms.